The highest BCUT2D eigenvalue weighted by Gasteiger charge is 2.32. The van der Waals surface area contributed by atoms with Crippen LogP contribution in [0.2, 0.25) is 0 Å². The summed E-state index contributed by atoms with van der Waals surface area (Å²) in [6.45, 7) is 10.3. The van der Waals surface area contributed by atoms with Crippen molar-refractivity contribution in [1.82, 2.24) is 4.98 Å². The predicted octanol–water partition coefficient (Wildman–Crippen LogP) is 4.05. The van der Waals surface area contributed by atoms with Gasteiger partial charge in [-0.3, -0.25) is 0 Å². The van der Waals surface area contributed by atoms with Gasteiger partial charge in [-0.25, -0.2) is 13.4 Å². The second-order valence-corrected chi connectivity index (χ2v) is 10.5. The maximum absolute atomic E-state index is 12.4. The lowest BCUT2D eigenvalue weighted by Gasteiger charge is -2.34. The molecule has 0 radical (unpaired) electrons. The fraction of sp³-hybridized carbons (Fsp3) is 0.737. The second kappa shape index (κ2) is 8.04. The summed E-state index contributed by atoms with van der Waals surface area (Å²) in [5.41, 5.74) is 0.864. The van der Waals surface area contributed by atoms with Gasteiger partial charge in [-0.2, -0.15) is 0 Å². The minimum Gasteiger partial charge on any atom is -0.381 e. The van der Waals surface area contributed by atoms with Gasteiger partial charge in [0.15, 0.2) is 14.9 Å². The third kappa shape index (κ3) is 4.73. The van der Waals surface area contributed by atoms with Gasteiger partial charge in [0.2, 0.25) is 0 Å². The molecule has 0 aliphatic carbocycles. The summed E-state index contributed by atoms with van der Waals surface area (Å²) in [7, 11) is -3.41. The molecule has 142 valence electrons. The van der Waals surface area contributed by atoms with E-state index in [4.69, 9.17) is 4.74 Å². The van der Waals surface area contributed by atoms with E-state index in [2.05, 4.69) is 24.1 Å². The summed E-state index contributed by atoms with van der Waals surface area (Å²) in [4.78, 5) is 4.19. The molecule has 5 nitrogen and oxygen atoms in total. The number of nitrogens with zero attached hydrogens (tertiary/aromatic N) is 1. The van der Waals surface area contributed by atoms with Crippen LogP contribution in [0.3, 0.4) is 0 Å². The Morgan fingerprint density at radius 3 is 2.48 bits per heavy atom. The van der Waals surface area contributed by atoms with Crippen LogP contribution < -0.4 is 5.32 Å². The summed E-state index contributed by atoms with van der Waals surface area (Å²) < 4.78 is 30.0. The van der Waals surface area contributed by atoms with E-state index in [1.165, 1.54) is 0 Å². The average molecular weight is 369 g/mol. The molecule has 2 rings (SSSR count). The van der Waals surface area contributed by atoms with Crippen molar-refractivity contribution in [1.29, 1.82) is 0 Å². The maximum Gasteiger partial charge on any atom is 0.200 e. The van der Waals surface area contributed by atoms with Crippen LogP contribution >= 0.6 is 0 Å². The first-order chi connectivity index (χ1) is 11.7. The molecule has 1 aromatic heterocycles. The third-order valence-electron chi connectivity index (χ3n) is 5.08. The Hall–Kier alpha value is -1.14. The van der Waals surface area contributed by atoms with Gasteiger partial charge in [-0.15, -0.1) is 0 Å². The number of rotatable bonds is 6. The normalized spacial score (nSPS) is 22.2. The number of hydrogen-bond donors (Lipinski definition) is 1. The number of hydrogen-bond acceptors (Lipinski definition) is 5. The minimum atomic E-state index is -3.41. The smallest absolute Gasteiger partial charge is 0.200 e. The van der Waals surface area contributed by atoms with E-state index >= 15 is 0 Å². The molecule has 25 heavy (non-hydrogen) atoms. The fourth-order valence-corrected chi connectivity index (χ4v) is 4.34. The first kappa shape index (κ1) is 20.2. The van der Waals surface area contributed by atoms with Crippen LogP contribution in [0.4, 0.5) is 5.69 Å². The van der Waals surface area contributed by atoms with Gasteiger partial charge in [0, 0.05) is 12.6 Å². The summed E-state index contributed by atoms with van der Waals surface area (Å²) >= 11 is 0. The maximum atomic E-state index is 12.4. The van der Waals surface area contributed by atoms with Crippen LogP contribution in [-0.4, -0.2) is 36.9 Å². The highest BCUT2D eigenvalue weighted by molar-refractivity contribution is 7.92. The number of sulfone groups is 1. The highest BCUT2D eigenvalue weighted by atomic mass is 32.2. The van der Waals surface area contributed by atoms with Crippen LogP contribution in [0.5, 0.6) is 0 Å². The van der Waals surface area contributed by atoms with Crippen LogP contribution in [0.1, 0.15) is 60.3 Å². The molecule has 2 unspecified atom stereocenters. The molecule has 1 fully saturated rings. The topological polar surface area (TPSA) is 68.3 Å². The lowest BCUT2D eigenvalue weighted by molar-refractivity contribution is -0.0271. The van der Waals surface area contributed by atoms with E-state index < -0.39 is 14.6 Å². The number of nitrogens with one attached hydrogen (secondary N) is 1. The van der Waals surface area contributed by atoms with Gasteiger partial charge in [-0.1, -0.05) is 26.7 Å². The molecule has 0 amide bonds. The summed E-state index contributed by atoms with van der Waals surface area (Å²) in [6.07, 6.45) is 6.13. The van der Waals surface area contributed by atoms with E-state index in [9.17, 15) is 8.42 Å². The zero-order chi connectivity index (χ0) is 18.7. The van der Waals surface area contributed by atoms with E-state index in [1.54, 1.807) is 33.0 Å². The summed E-state index contributed by atoms with van der Waals surface area (Å²) in [6, 6.07) is 3.75. The highest BCUT2D eigenvalue weighted by Crippen LogP contribution is 2.28. The zero-order valence-corrected chi connectivity index (χ0v) is 16.9. The summed E-state index contributed by atoms with van der Waals surface area (Å²) in [5.74, 6) is 0.599. The molecule has 6 heteroatoms. The van der Waals surface area contributed by atoms with E-state index in [1.807, 2.05) is 6.07 Å². The van der Waals surface area contributed by atoms with Gasteiger partial charge in [-0.05, 0) is 51.7 Å². The van der Waals surface area contributed by atoms with Crippen molar-refractivity contribution in [2.24, 2.45) is 5.92 Å². The second-order valence-electron chi connectivity index (χ2n) is 7.85. The van der Waals surface area contributed by atoms with Crippen molar-refractivity contribution < 1.29 is 13.2 Å². The van der Waals surface area contributed by atoms with Crippen LogP contribution in [0, 0.1) is 5.92 Å². The molecule has 2 atom stereocenters. The molecule has 2 heterocycles. The zero-order valence-electron chi connectivity index (χ0n) is 16.1. The van der Waals surface area contributed by atoms with Crippen molar-refractivity contribution in [2.45, 2.75) is 82.2 Å². The Labute approximate surface area is 152 Å². The SMILES string of the molecule is CCC(CC)C1CC(Nc2ccc(S(=O)(=O)C(C)(C)C)nc2)CCO1. The van der Waals surface area contributed by atoms with E-state index in [0.717, 1.165) is 38.0 Å². The van der Waals surface area contributed by atoms with Crippen LogP contribution in [0.25, 0.3) is 0 Å². The minimum absolute atomic E-state index is 0.132. The van der Waals surface area contributed by atoms with Crippen molar-refractivity contribution in [3.8, 4) is 0 Å². The largest absolute Gasteiger partial charge is 0.381 e. The molecule has 0 aromatic carbocycles. The molecule has 0 spiro atoms. The Morgan fingerprint density at radius 2 is 1.96 bits per heavy atom. The first-order valence-electron chi connectivity index (χ1n) is 9.27. The van der Waals surface area contributed by atoms with Crippen molar-refractivity contribution in [3.63, 3.8) is 0 Å². The number of pyridine rings is 1. The molecule has 1 N–H and O–H groups in total. The molecule has 1 aliphatic heterocycles. The molecular formula is C19H32N2O3S. The van der Waals surface area contributed by atoms with Crippen molar-refractivity contribution >= 4 is 15.5 Å². The number of aromatic nitrogens is 1. The van der Waals surface area contributed by atoms with Gasteiger partial charge in [0.25, 0.3) is 0 Å². The van der Waals surface area contributed by atoms with Gasteiger partial charge < -0.3 is 10.1 Å². The Morgan fingerprint density at radius 1 is 1.28 bits per heavy atom. The first-order valence-corrected chi connectivity index (χ1v) is 10.8. The van der Waals surface area contributed by atoms with Gasteiger partial charge >= 0.3 is 0 Å². The molecule has 1 aromatic rings. The van der Waals surface area contributed by atoms with Crippen LogP contribution in [0.15, 0.2) is 23.4 Å². The monoisotopic (exact) mass is 368 g/mol. The Bertz CT molecular complexity index is 646. The van der Waals surface area contributed by atoms with E-state index in [0.29, 0.717) is 18.1 Å². The van der Waals surface area contributed by atoms with Crippen molar-refractivity contribution in [3.05, 3.63) is 18.3 Å². The van der Waals surface area contributed by atoms with Gasteiger partial charge in [0.1, 0.15) is 0 Å². The quantitative estimate of drug-likeness (QED) is 0.820. The standard InChI is InChI=1S/C19H32N2O3S/c1-6-14(7-2)17-12-15(10-11-24-17)21-16-8-9-18(20-13-16)25(22,23)19(3,4)5/h8-9,13-15,17,21H,6-7,10-12H2,1-5H3. The molecule has 1 aliphatic rings. The fourth-order valence-electron chi connectivity index (χ4n) is 3.28. The van der Waals surface area contributed by atoms with Crippen LogP contribution in [-0.2, 0) is 14.6 Å². The predicted molar refractivity (Wildman–Crippen MR) is 102 cm³/mol. The number of ether oxygens (including phenoxy) is 1. The Balaban J connectivity index is 2.04. The summed E-state index contributed by atoms with van der Waals surface area (Å²) in [5, 5.41) is 3.63. The lowest BCUT2D eigenvalue weighted by atomic mass is 9.89. The van der Waals surface area contributed by atoms with Crippen molar-refractivity contribution in [2.75, 3.05) is 11.9 Å². The third-order valence-corrected chi connectivity index (χ3v) is 7.48. The van der Waals surface area contributed by atoms with E-state index in [-0.39, 0.29) is 5.03 Å². The average Bonchev–Trinajstić information content (AvgIpc) is 2.56. The molecule has 0 saturated carbocycles. The van der Waals surface area contributed by atoms with Gasteiger partial charge in [0.05, 0.1) is 22.7 Å². The lowest BCUT2D eigenvalue weighted by Crippen LogP contribution is -2.38. The molecule has 0 bridgehead atoms. The molecular weight excluding hydrogens is 336 g/mol. The molecule has 1 saturated heterocycles. The number of anilines is 1. The Kier molecular flexibility index (Phi) is 6.49.